The lowest BCUT2D eigenvalue weighted by Crippen LogP contribution is -2.13. The number of hydrogen-bond donors (Lipinski definition) is 1. The van der Waals surface area contributed by atoms with Gasteiger partial charge >= 0.3 is 0 Å². The predicted octanol–water partition coefficient (Wildman–Crippen LogP) is 4.27. The molecule has 0 radical (unpaired) electrons. The van der Waals surface area contributed by atoms with Crippen molar-refractivity contribution >= 4 is 39.5 Å². The van der Waals surface area contributed by atoms with Crippen LogP contribution in [0.15, 0.2) is 38.7 Å². The minimum absolute atomic E-state index is 0.0271. The number of furan rings is 1. The normalized spacial score (nSPS) is 11.1. The second-order valence-electron chi connectivity index (χ2n) is 5.70. The average molecular weight is 388 g/mol. The minimum Gasteiger partial charge on any atom is -0.440 e. The van der Waals surface area contributed by atoms with Gasteiger partial charge in [0.15, 0.2) is 0 Å². The molecule has 2 aromatic rings. The first-order chi connectivity index (χ1) is 11.3. The minimum atomic E-state index is -0.471. The number of nitrogens with zero attached hydrogens (tertiary/aromatic N) is 2. The molecule has 24 heavy (non-hydrogen) atoms. The fourth-order valence-corrected chi connectivity index (χ4v) is 2.95. The highest BCUT2D eigenvalue weighted by Crippen LogP contribution is 2.30. The van der Waals surface area contributed by atoms with E-state index in [0.29, 0.717) is 17.3 Å². The summed E-state index contributed by atoms with van der Waals surface area (Å²) in [4.78, 5) is 14.1. The first-order valence-electron chi connectivity index (χ1n) is 7.28. The highest BCUT2D eigenvalue weighted by atomic mass is 79.9. The molecule has 0 saturated heterocycles. The van der Waals surface area contributed by atoms with Crippen LogP contribution in [-0.4, -0.2) is 20.0 Å². The van der Waals surface area contributed by atoms with Crippen LogP contribution in [0.5, 0.6) is 0 Å². The predicted molar refractivity (Wildman–Crippen MR) is 98.9 cm³/mol. The van der Waals surface area contributed by atoms with E-state index in [1.807, 2.05) is 52.2 Å². The summed E-state index contributed by atoms with van der Waals surface area (Å²) in [5.41, 5.74) is 2.71. The zero-order chi connectivity index (χ0) is 17.9. The van der Waals surface area contributed by atoms with Crippen LogP contribution < -0.4 is 10.2 Å². The second-order valence-corrected chi connectivity index (χ2v) is 6.55. The van der Waals surface area contributed by atoms with E-state index in [1.54, 1.807) is 11.0 Å². The molecule has 5 nitrogen and oxygen atoms in total. The third-order valence-electron chi connectivity index (χ3n) is 3.23. The lowest BCUT2D eigenvalue weighted by molar-refractivity contribution is -0.112. The van der Waals surface area contributed by atoms with Crippen molar-refractivity contribution in [3.8, 4) is 6.07 Å². The molecule has 1 amide bonds. The van der Waals surface area contributed by atoms with Crippen LogP contribution >= 0.6 is 15.9 Å². The third-order valence-corrected chi connectivity index (χ3v) is 3.79. The molecule has 0 spiro atoms. The van der Waals surface area contributed by atoms with E-state index in [4.69, 9.17) is 4.42 Å². The number of hydrogen-bond acceptors (Lipinski definition) is 4. The first kappa shape index (κ1) is 17.8. The van der Waals surface area contributed by atoms with Gasteiger partial charge in [-0.2, -0.15) is 5.26 Å². The quantitative estimate of drug-likeness (QED) is 0.627. The van der Waals surface area contributed by atoms with Crippen LogP contribution in [-0.2, 0) is 4.79 Å². The van der Waals surface area contributed by atoms with E-state index < -0.39 is 5.91 Å². The van der Waals surface area contributed by atoms with Gasteiger partial charge in [-0.05, 0) is 53.0 Å². The van der Waals surface area contributed by atoms with Gasteiger partial charge in [-0.15, -0.1) is 0 Å². The van der Waals surface area contributed by atoms with Crippen molar-refractivity contribution < 1.29 is 9.21 Å². The number of anilines is 2. The van der Waals surface area contributed by atoms with E-state index in [9.17, 15) is 10.1 Å². The van der Waals surface area contributed by atoms with Gasteiger partial charge in [0, 0.05) is 31.9 Å². The number of carbonyl (C=O) groups is 1. The molecule has 0 aliphatic carbocycles. The van der Waals surface area contributed by atoms with Crippen molar-refractivity contribution in [1.82, 2.24) is 0 Å². The summed E-state index contributed by atoms with van der Waals surface area (Å²) in [7, 11) is 3.68. The molecule has 6 heteroatoms. The highest BCUT2D eigenvalue weighted by Gasteiger charge is 2.14. The number of nitriles is 1. The molecule has 2 rings (SSSR count). The fourth-order valence-electron chi connectivity index (χ4n) is 2.29. The lowest BCUT2D eigenvalue weighted by atomic mass is 10.1. The Morgan fingerprint density at radius 3 is 2.38 bits per heavy atom. The zero-order valence-corrected chi connectivity index (χ0v) is 15.6. The van der Waals surface area contributed by atoms with Gasteiger partial charge in [-0.25, -0.2) is 0 Å². The number of amides is 1. The van der Waals surface area contributed by atoms with E-state index >= 15 is 0 Å². The lowest BCUT2D eigenvalue weighted by Gasteiger charge is -2.08. The number of benzene rings is 1. The van der Waals surface area contributed by atoms with Crippen LogP contribution in [0, 0.1) is 25.2 Å². The molecule has 0 aliphatic heterocycles. The van der Waals surface area contributed by atoms with Gasteiger partial charge in [0.2, 0.25) is 5.88 Å². The Labute approximate surface area is 149 Å². The van der Waals surface area contributed by atoms with Crippen LogP contribution in [0.2, 0.25) is 0 Å². The number of aryl methyl sites for hydroxylation is 2. The maximum atomic E-state index is 12.3. The Kier molecular flexibility index (Phi) is 5.47. The van der Waals surface area contributed by atoms with Crippen molar-refractivity contribution in [2.24, 2.45) is 0 Å². The van der Waals surface area contributed by atoms with E-state index in [2.05, 4.69) is 21.2 Å². The number of carbonyl (C=O) groups excluding carboxylic acids is 1. The molecular weight excluding hydrogens is 370 g/mol. The van der Waals surface area contributed by atoms with E-state index in [0.717, 1.165) is 15.6 Å². The van der Waals surface area contributed by atoms with Crippen molar-refractivity contribution in [2.45, 2.75) is 13.8 Å². The molecule has 1 aromatic heterocycles. The average Bonchev–Trinajstić information content (AvgIpc) is 2.84. The molecule has 0 fully saturated rings. The molecule has 0 saturated carbocycles. The van der Waals surface area contributed by atoms with Crippen molar-refractivity contribution in [2.75, 3.05) is 24.3 Å². The number of rotatable bonds is 4. The molecule has 124 valence electrons. The first-order valence-corrected chi connectivity index (χ1v) is 8.07. The summed E-state index contributed by atoms with van der Waals surface area (Å²) in [6, 6.07) is 9.36. The van der Waals surface area contributed by atoms with Crippen molar-refractivity contribution in [1.29, 1.82) is 5.26 Å². The topological polar surface area (TPSA) is 69.3 Å². The van der Waals surface area contributed by atoms with Crippen LogP contribution in [0.3, 0.4) is 0 Å². The largest absolute Gasteiger partial charge is 0.440 e. The maximum Gasteiger partial charge on any atom is 0.266 e. The van der Waals surface area contributed by atoms with Gasteiger partial charge in [0.25, 0.3) is 5.91 Å². The molecule has 1 N–H and O–H groups in total. The van der Waals surface area contributed by atoms with Gasteiger partial charge in [0.1, 0.15) is 17.4 Å². The molecule has 1 aromatic carbocycles. The van der Waals surface area contributed by atoms with Gasteiger partial charge < -0.3 is 14.6 Å². The van der Waals surface area contributed by atoms with E-state index in [-0.39, 0.29) is 5.57 Å². The SMILES string of the molecule is Cc1cc(C)cc(NC(=O)/C(C#N)=C/c2cc(Br)c(N(C)C)o2)c1. The summed E-state index contributed by atoms with van der Waals surface area (Å²) in [6.07, 6.45) is 1.43. The highest BCUT2D eigenvalue weighted by molar-refractivity contribution is 9.10. The fraction of sp³-hybridized carbons (Fsp3) is 0.222. The molecule has 0 unspecified atom stereocenters. The second kappa shape index (κ2) is 7.37. The Morgan fingerprint density at radius 2 is 1.88 bits per heavy atom. The van der Waals surface area contributed by atoms with E-state index in [1.165, 1.54) is 6.08 Å². The Hall–Kier alpha value is -2.52. The van der Waals surface area contributed by atoms with Crippen LogP contribution in [0.4, 0.5) is 11.6 Å². The monoisotopic (exact) mass is 387 g/mol. The number of halogens is 1. The molecule has 0 atom stereocenters. The summed E-state index contributed by atoms with van der Waals surface area (Å²) < 4.78 is 6.37. The Bertz CT molecular complexity index is 824. The summed E-state index contributed by atoms with van der Waals surface area (Å²) in [5, 5.41) is 12.0. The smallest absolute Gasteiger partial charge is 0.266 e. The zero-order valence-electron chi connectivity index (χ0n) is 14.0. The Balaban J connectivity index is 2.25. The Morgan fingerprint density at radius 1 is 1.25 bits per heavy atom. The maximum absolute atomic E-state index is 12.3. The molecule has 0 bridgehead atoms. The van der Waals surface area contributed by atoms with Crippen molar-refractivity contribution in [3.05, 3.63) is 51.2 Å². The van der Waals surface area contributed by atoms with Gasteiger partial charge in [-0.3, -0.25) is 4.79 Å². The summed E-state index contributed by atoms with van der Waals surface area (Å²) in [6.45, 7) is 3.90. The van der Waals surface area contributed by atoms with Crippen LogP contribution in [0.1, 0.15) is 16.9 Å². The van der Waals surface area contributed by atoms with Crippen molar-refractivity contribution in [3.63, 3.8) is 0 Å². The standard InChI is InChI=1S/C18H18BrN3O2/c1-11-5-12(2)7-14(6-11)21-17(23)13(10-20)8-15-9-16(19)18(24-15)22(3)4/h5-9H,1-4H3,(H,21,23)/b13-8+. The molecular formula is C18H18BrN3O2. The molecule has 0 aliphatic rings. The summed E-state index contributed by atoms with van der Waals surface area (Å²) >= 11 is 3.39. The summed E-state index contributed by atoms with van der Waals surface area (Å²) in [5.74, 6) is 0.576. The van der Waals surface area contributed by atoms with Gasteiger partial charge in [0.05, 0.1) is 4.47 Å². The van der Waals surface area contributed by atoms with Gasteiger partial charge in [-0.1, -0.05) is 6.07 Å². The number of nitrogens with one attached hydrogen (secondary N) is 1. The molecule has 1 heterocycles. The third kappa shape index (κ3) is 4.27. The van der Waals surface area contributed by atoms with Crippen LogP contribution in [0.25, 0.3) is 6.08 Å².